The van der Waals surface area contributed by atoms with Gasteiger partial charge in [0.2, 0.25) is 13.1 Å². The Morgan fingerprint density at radius 2 is 1.00 bits per heavy atom. The summed E-state index contributed by atoms with van der Waals surface area (Å²) in [6, 6.07) is 8.42. The predicted molar refractivity (Wildman–Crippen MR) is 132 cm³/mol. The molecule has 242 valence electrons. The van der Waals surface area contributed by atoms with Gasteiger partial charge >= 0.3 is 72.1 Å². The van der Waals surface area contributed by atoms with Crippen LogP contribution >= 0.6 is 15.6 Å². The zero-order valence-corrected chi connectivity index (χ0v) is 24.7. The number of halogens is 12. The molecule has 0 fully saturated rings. The summed E-state index contributed by atoms with van der Waals surface area (Å²) in [6.45, 7) is 14.5. The fourth-order valence-electron chi connectivity index (χ4n) is 2.58. The first-order valence-corrected chi connectivity index (χ1v) is 15.6. The van der Waals surface area contributed by atoms with E-state index in [1.54, 1.807) is 0 Å². The van der Waals surface area contributed by atoms with Crippen LogP contribution in [0.15, 0.2) is 49.1 Å². The number of nitrogens with one attached hydrogen (secondary N) is 1. The summed E-state index contributed by atoms with van der Waals surface area (Å²) in [5.74, 6) is 0. The zero-order valence-electron chi connectivity index (χ0n) is 22.9. The van der Waals surface area contributed by atoms with Crippen LogP contribution in [-0.4, -0.2) is 11.7 Å². The van der Waals surface area contributed by atoms with Crippen molar-refractivity contribution in [2.75, 3.05) is 0 Å². The van der Waals surface area contributed by atoms with Gasteiger partial charge in [-0.25, -0.2) is 4.79 Å². The van der Waals surface area contributed by atoms with Gasteiger partial charge in [0.25, 0.3) is 0 Å². The molecule has 0 atom stereocenters. The van der Waals surface area contributed by atoms with Crippen molar-refractivity contribution >= 4 is 21.7 Å². The number of aryl methyl sites for hydroxylation is 2. The number of hydrogen-bond acceptors (Lipinski definition) is 2. The van der Waals surface area contributed by atoms with E-state index in [9.17, 15) is 55.2 Å². The van der Waals surface area contributed by atoms with Gasteiger partial charge in [-0.3, -0.25) is 0 Å². The standard InChI is InChI=1S/C22H32N3O2.2F6P/c1-21(2,3)19-9-13-25(14-10-19)16-15-24-11-7-18(8-12-24)17-23-20(26)27-22(4,5)6;2*1-7(2,3,4,5)6/h7-14H,15-17H2,1-6H3;;/q+1;2*-1/p+1. The molecule has 5 nitrogen and oxygen atoms in total. The molecule has 2 heterocycles. The SMILES string of the molecule is CC(C)(C)OC(=O)NCc1cc[n+](CC[n+]2ccc(C(C)(C)C)cc2)cc1.F[P-](F)(F)(F)(F)F.F[P-](F)(F)(F)(F)F. The zero-order chi connectivity index (χ0) is 32.9. The van der Waals surface area contributed by atoms with Crippen LogP contribution in [0.3, 0.4) is 0 Å². The molecule has 0 saturated heterocycles. The molecule has 1 amide bonds. The molecular weight excluding hydrogens is 628 g/mol. The molecule has 0 spiro atoms. The van der Waals surface area contributed by atoms with E-state index in [1.165, 1.54) is 5.56 Å². The van der Waals surface area contributed by atoms with Crippen molar-refractivity contribution in [2.24, 2.45) is 0 Å². The molecular formula is C22H33F12N3O2P2. The van der Waals surface area contributed by atoms with Crippen LogP contribution in [0.1, 0.15) is 52.7 Å². The van der Waals surface area contributed by atoms with E-state index in [4.69, 9.17) is 4.74 Å². The van der Waals surface area contributed by atoms with Crippen LogP contribution in [0.2, 0.25) is 0 Å². The second-order valence-electron chi connectivity index (χ2n) is 10.8. The number of hydrogen-bond donors (Lipinski definition) is 1. The number of rotatable bonds is 5. The molecule has 2 rings (SSSR count). The number of ether oxygens (including phenoxy) is 1. The third-order valence-corrected chi connectivity index (χ3v) is 4.17. The molecule has 0 saturated carbocycles. The molecule has 0 radical (unpaired) electrons. The fraction of sp³-hybridized carbons (Fsp3) is 0.500. The van der Waals surface area contributed by atoms with Gasteiger partial charge in [-0.05, 0) is 37.3 Å². The fourth-order valence-corrected chi connectivity index (χ4v) is 2.58. The Bertz CT molecular complexity index is 1110. The Morgan fingerprint density at radius 3 is 1.29 bits per heavy atom. The van der Waals surface area contributed by atoms with Crippen molar-refractivity contribution in [3.8, 4) is 0 Å². The molecule has 0 bridgehead atoms. The van der Waals surface area contributed by atoms with Crippen LogP contribution in [-0.2, 0) is 29.8 Å². The van der Waals surface area contributed by atoms with E-state index in [2.05, 4.69) is 59.7 Å². The third-order valence-electron chi connectivity index (χ3n) is 4.17. The Hall–Kier alpha value is -2.41. The summed E-state index contributed by atoms with van der Waals surface area (Å²) in [4.78, 5) is 11.7. The molecule has 41 heavy (non-hydrogen) atoms. The van der Waals surface area contributed by atoms with Crippen molar-refractivity contribution in [3.63, 3.8) is 0 Å². The van der Waals surface area contributed by atoms with Crippen LogP contribution in [0.25, 0.3) is 0 Å². The molecule has 0 aliphatic heterocycles. The van der Waals surface area contributed by atoms with Crippen molar-refractivity contribution in [3.05, 3.63) is 60.2 Å². The average Bonchev–Trinajstić information content (AvgIpc) is 2.65. The second-order valence-corrected chi connectivity index (χ2v) is 14.6. The van der Waals surface area contributed by atoms with E-state index >= 15 is 0 Å². The van der Waals surface area contributed by atoms with E-state index in [-0.39, 0.29) is 5.41 Å². The van der Waals surface area contributed by atoms with Crippen LogP contribution in [0.5, 0.6) is 0 Å². The van der Waals surface area contributed by atoms with Crippen molar-refractivity contribution in [1.82, 2.24) is 5.32 Å². The molecule has 2 aromatic heterocycles. The number of carbonyl (C=O) groups excluding carboxylic acids is 1. The molecule has 0 aromatic carbocycles. The number of aromatic nitrogens is 2. The average molecular weight is 661 g/mol. The number of pyridine rings is 2. The number of alkyl carbamates (subject to hydrolysis) is 1. The minimum atomic E-state index is -10.7. The van der Waals surface area contributed by atoms with E-state index in [0.29, 0.717) is 6.54 Å². The Balaban J connectivity index is 0.000000941. The quantitative estimate of drug-likeness (QED) is 0.197. The van der Waals surface area contributed by atoms with E-state index < -0.39 is 27.3 Å². The Morgan fingerprint density at radius 1 is 0.683 bits per heavy atom. The van der Waals surface area contributed by atoms with Crippen molar-refractivity contribution < 1.29 is 69.0 Å². The maximum absolute atomic E-state index is 11.7. The molecule has 2 aromatic rings. The van der Waals surface area contributed by atoms with Crippen LogP contribution in [0.4, 0.5) is 55.2 Å². The molecule has 19 heteroatoms. The predicted octanol–water partition coefficient (Wildman–Crippen LogP) is 10.0. The number of amides is 1. The normalized spacial score (nSPS) is 15.8. The molecule has 0 aliphatic rings. The minimum absolute atomic E-state index is 0.178. The monoisotopic (exact) mass is 661 g/mol. The summed E-state index contributed by atoms with van der Waals surface area (Å²) in [7, 11) is -21.3. The summed E-state index contributed by atoms with van der Waals surface area (Å²) < 4.78 is 128. The van der Waals surface area contributed by atoms with Gasteiger partial charge in [-0.15, -0.1) is 0 Å². The van der Waals surface area contributed by atoms with Crippen LogP contribution < -0.4 is 14.5 Å². The van der Waals surface area contributed by atoms with Gasteiger partial charge in [0.15, 0.2) is 24.8 Å². The van der Waals surface area contributed by atoms with Crippen molar-refractivity contribution in [2.45, 2.75) is 72.2 Å². The topological polar surface area (TPSA) is 46.1 Å². The first-order valence-electron chi connectivity index (χ1n) is 11.5. The number of nitrogens with zero attached hydrogens (tertiary/aromatic N) is 2. The van der Waals surface area contributed by atoms with Gasteiger partial charge in [0, 0.05) is 30.8 Å². The van der Waals surface area contributed by atoms with Gasteiger partial charge in [0.05, 0.1) is 0 Å². The maximum atomic E-state index is 11.7. The van der Waals surface area contributed by atoms with Gasteiger partial charge < -0.3 is 10.1 Å². The second kappa shape index (κ2) is 11.0. The van der Waals surface area contributed by atoms with E-state index in [0.717, 1.165) is 18.7 Å². The summed E-state index contributed by atoms with van der Waals surface area (Å²) >= 11 is 0. The summed E-state index contributed by atoms with van der Waals surface area (Å²) in [5, 5.41) is 2.78. The molecule has 0 unspecified atom stereocenters. The van der Waals surface area contributed by atoms with E-state index in [1.807, 2.05) is 45.3 Å². The number of carbonyl (C=O) groups is 1. The van der Waals surface area contributed by atoms with Gasteiger partial charge in [-0.2, -0.15) is 9.13 Å². The van der Waals surface area contributed by atoms with Crippen molar-refractivity contribution in [1.29, 1.82) is 0 Å². The molecule has 0 aliphatic carbocycles. The first kappa shape index (κ1) is 38.6. The summed E-state index contributed by atoms with van der Waals surface area (Å²) in [5.41, 5.74) is 2.08. The Labute approximate surface area is 229 Å². The third kappa shape index (κ3) is 32.0. The Kier molecular flexibility index (Phi) is 10.4. The van der Waals surface area contributed by atoms with Gasteiger partial charge in [0.1, 0.15) is 5.60 Å². The summed E-state index contributed by atoms with van der Waals surface area (Å²) in [6.07, 6.45) is 7.96. The van der Waals surface area contributed by atoms with Gasteiger partial charge in [-0.1, -0.05) is 20.8 Å². The van der Waals surface area contributed by atoms with Crippen LogP contribution in [0, 0.1) is 0 Å². The molecule has 1 N–H and O–H groups in total. The first-order chi connectivity index (χ1) is 17.4.